The molecule has 1 saturated heterocycles. The molecule has 12 heteroatoms. The first-order chi connectivity index (χ1) is 12.0. The molecular weight excluding hydrogens is 418 g/mol. The fraction of sp³-hybridized carbons (Fsp3) is 0.500. The number of alkyl halides is 3. The Morgan fingerprint density at radius 2 is 1.65 bits per heavy atom. The zero-order chi connectivity index (χ0) is 19.5. The first-order valence-corrected chi connectivity index (χ1v) is 9.70. The molecule has 0 unspecified atom stereocenters. The van der Waals surface area contributed by atoms with Gasteiger partial charge in [0.25, 0.3) is 0 Å². The highest BCUT2D eigenvalue weighted by Crippen LogP contribution is 2.31. The van der Waals surface area contributed by atoms with Gasteiger partial charge in [-0.25, -0.2) is 8.42 Å². The summed E-state index contributed by atoms with van der Waals surface area (Å²) in [5.74, 6) is -0.771. The highest BCUT2D eigenvalue weighted by Gasteiger charge is 2.33. The second-order valence-corrected chi connectivity index (χ2v) is 8.31. The van der Waals surface area contributed by atoms with E-state index in [1.807, 2.05) is 0 Å². The van der Waals surface area contributed by atoms with E-state index in [4.69, 9.17) is 23.2 Å². The number of hydrogen-bond acceptors (Lipinski definition) is 4. The standard InChI is InChI=1S/C14H16Cl2F3N3O3S/c15-10-2-1-3-11(16)13(10)26(24,25)22-6-4-21(5-7-22)8-12(23)20-9-14(17,18)19/h1-3H,4-9H2,(H,20,23). The number of amides is 1. The molecule has 0 aliphatic carbocycles. The second kappa shape index (κ2) is 8.30. The number of piperazine rings is 1. The maximum absolute atomic E-state index is 12.7. The molecule has 0 bridgehead atoms. The van der Waals surface area contributed by atoms with Crippen LogP contribution in [0.25, 0.3) is 0 Å². The van der Waals surface area contributed by atoms with E-state index < -0.39 is 28.7 Å². The number of benzene rings is 1. The predicted molar refractivity (Wildman–Crippen MR) is 90.7 cm³/mol. The van der Waals surface area contributed by atoms with E-state index >= 15 is 0 Å². The summed E-state index contributed by atoms with van der Waals surface area (Å²) in [6.07, 6.45) is -4.48. The smallest absolute Gasteiger partial charge is 0.346 e. The first-order valence-electron chi connectivity index (χ1n) is 7.50. The van der Waals surface area contributed by atoms with Crippen molar-refractivity contribution in [2.45, 2.75) is 11.1 Å². The van der Waals surface area contributed by atoms with Crippen LogP contribution in [0.3, 0.4) is 0 Å². The van der Waals surface area contributed by atoms with Gasteiger partial charge >= 0.3 is 6.18 Å². The summed E-state index contributed by atoms with van der Waals surface area (Å²) in [5.41, 5.74) is 0. The summed E-state index contributed by atoms with van der Waals surface area (Å²) in [6, 6.07) is 4.37. The summed E-state index contributed by atoms with van der Waals surface area (Å²) in [5, 5.41) is 1.79. The Hall–Kier alpha value is -1.07. The molecule has 146 valence electrons. The number of carbonyl (C=O) groups is 1. The third kappa shape index (κ3) is 5.46. The van der Waals surface area contributed by atoms with Crippen LogP contribution in [0.4, 0.5) is 13.2 Å². The Kier molecular flexibility index (Phi) is 6.78. The van der Waals surface area contributed by atoms with Gasteiger partial charge < -0.3 is 5.32 Å². The third-order valence-corrected chi connectivity index (χ3v) is 6.56. The molecule has 1 aromatic rings. The normalized spacial score (nSPS) is 17.3. The number of nitrogens with one attached hydrogen (secondary N) is 1. The molecule has 6 nitrogen and oxygen atoms in total. The van der Waals surface area contributed by atoms with Crippen molar-refractivity contribution in [1.29, 1.82) is 0 Å². The summed E-state index contributed by atoms with van der Waals surface area (Å²) in [6.45, 7) is -1.11. The number of sulfonamides is 1. The zero-order valence-electron chi connectivity index (χ0n) is 13.4. The van der Waals surface area contributed by atoms with E-state index in [0.29, 0.717) is 0 Å². The molecule has 1 heterocycles. The number of rotatable bonds is 5. The molecule has 1 aromatic carbocycles. The van der Waals surface area contributed by atoms with Crippen molar-refractivity contribution >= 4 is 39.1 Å². The lowest BCUT2D eigenvalue weighted by Gasteiger charge is -2.33. The molecule has 2 rings (SSSR count). The quantitative estimate of drug-likeness (QED) is 0.770. The minimum atomic E-state index is -4.48. The fourth-order valence-electron chi connectivity index (χ4n) is 2.44. The Bertz CT molecular complexity index is 746. The predicted octanol–water partition coefficient (Wildman–Crippen LogP) is 1.98. The Morgan fingerprint density at radius 3 is 2.15 bits per heavy atom. The van der Waals surface area contributed by atoms with Gasteiger partial charge in [0.15, 0.2) is 0 Å². The van der Waals surface area contributed by atoms with E-state index in [1.165, 1.54) is 22.5 Å². The van der Waals surface area contributed by atoms with Crippen LogP contribution in [0, 0.1) is 0 Å². The van der Waals surface area contributed by atoms with Crippen molar-refractivity contribution in [2.24, 2.45) is 0 Å². The van der Waals surface area contributed by atoms with E-state index in [-0.39, 0.29) is 47.7 Å². The molecule has 0 aromatic heterocycles. The van der Waals surface area contributed by atoms with Gasteiger partial charge in [0, 0.05) is 26.2 Å². The maximum Gasteiger partial charge on any atom is 0.405 e. The van der Waals surface area contributed by atoms with Crippen LogP contribution in [0.1, 0.15) is 0 Å². The molecule has 1 aliphatic rings. The van der Waals surface area contributed by atoms with Crippen molar-refractivity contribution in [3.05, 3.63) is 28.2 Å². The van der Waals surface area contributed by atoms with Gasteiger partial charge in [-0.05, 0) is 12.1 Å². The van der Waals surface area contributed by atoms with Gasteiger partial charge in [0.2, 0.25) is 15.9 Å². The largest absolute Gasteiger partial charge is 0.405 e. The topological polar surface area (TPSA) is 69.7 Å². The summed E-state index contributed by atoms with van der Waals surface area (Å²) in [4.78, 5) is 12.9. The van der Waals surface area contributed by atoms with Crippen LogP contribution in [-0.2, 0) is 14.8 Å². The minimum Gasteiger partial charge on any atom is -0.346 e. The summed E-state index contributed by atoms with van der Waals surface area (Å²) < 4.78 is 62.8. The lowest BCUT2D eigenvalue weighted by atomic mass is 10.3. The van der Waals surface area contributed by atoms with Gasteiger partial charge in [-0.3, -0.25) is 9.69 Å². The Labute approximate surface area is 158 Å². The van der Waals surface area contributed by atoms with Crippen LogP contribution in [-0.4, -0.2) is 69.0 Å². The van der Waals surface area contributed by atoms with Crippen LogP contribution in [0.15, 0.2) is 23.1 Å². The van der Waals surface area contributed by atoms with E-state index in [1.54, 1.807) is 10.2 Å². The molecule has 26 heavy (non-hydrogen) atoms. The molecule has 1 amide bonds. The molecule has 0 radical (unpaired) electrons. The van der Waals surface area contributed by atoms with Crippen LogP contribution in [0.2, 0.25) is 10.0 Å². The van der Waals surface area contributed by atoms with Gasteiger partial charge in [0.1, 0.15) is 11.4 Å². The minimum absolute atomic E-state index is 0.00598. The van der Waals surface area contributed by atoms with Crippen molar-refractivity contribution in [2.75, 3.05) is 39.3 Å². The Morgan fingerprint density at radius 1 is 1.12 bits per heavy atom. The first kappa shape index (κ1) is 21.2. The SMILES string of the molecule is O=C(CN1CCN(S(=O)(=O)c2c(Cl)cccc2Cl)CC1)NCC(F)(F)F. The Balaban J connectivity index is 1.95. The second-order valence-electron chi connectivity index (χ2n) is 5.62. The average molecular weight is 434 g/mol. The molecule has 1 aliphatic heterocycles. The highest BCUT2D eigenvalue weighted by atomic mass is 35.5. The lowest BCUT2D eigenvalue weighted by Crippen LogP contribution is -2.51. The average Bonchev–Trinajstić information content (AvgIpc) is 2.52. The number of hydrogen-bond donors (Lipinski definition) is 1. The number of halogens is 5. The number of carbonyl (C=O) groups excluding carboxylic acids is 1. The number of nitrogens with zero attached hydrogens (tertiary/aromatic N) is 2. The van der Waals surface area contributed by atoms with Gasteiger partial charge in [-0.15, -0.1) is 0 Å². The van der Waals surface area contributed by atoms with Crippen molar-refractivity contribution in [3.8, 4) is 0 Å². The summed E-state index contributed by atoms with van der Waals surface area (Å²) >= 11 is 11.9. The third-order valence-electron chi connectivity index (χ3n) is 3.70. The van der Waals surface area contributed by atoms with Crippen LogP contribution < -0.4 is 5.32 Å². The van der Waals surface area contributed by atoms with E-state index in [2.05, 4.69) is 0 Å². The lowest BCUT2D eigenvalue weighted by molar-refractivity contribution is -0.139. The van der Waals surface area contributed by atoms with Gasteiger partial charge in [-0.2, -0.15) is 17.5 Å². The molecule has 0 spiro atoms. The van der Waals surface area contributed by atoms with E-state index in [0.717, 1.165) is 0 Å². The fourth-order valence-corrected chi connectivity index (χ4v) is 4.96. The van der Waals surface area contributed by atoms with Crippen LogP contribution >= 0.6 is 23.2 Å². The highest BCUT2D eigenvalue weighted by molar-refractivity contribution is 7.89. The van der Waals surface area contributed by atoms with E-state index in [9.17, 15) is 26.4 Å². The van der Waals surface area contributed by atoms with Gasteiger partial charge in [0.05, 0.1) is 16.6 Å². The van der Waals surface area contributed by atoms with Crippen LogP contribution in [0.5, 0.6) is 0 Å². The van der Waals surface area contributed by atoms with Crippen molar-refractivity contribution < 1.29 is 26.4 Å². The molecular formula is C14H16Cl2F3N3O3S. The molecule has 1 fully saturated rings. The van der Waals surface area contributed by atoms with Gasteiger partial charge in [-0.1, -0.05) is 29.3 Å². The summed E-state index contributed by atoms with van der Waals surface area (Å²) in [7, 11) is -3.91. The molecule has 0 atom stereocenters. The van der Waals surface area contributed by atoms with Crippen molar-refractivity contribution in [1.82, 2.24) is 14.5 Å². The molecule has 0 saturated carbocycles. The zero-order valence-corrected chi connectivity index (χ0v) is 15.7. The monoisotopic (exact) mass is 433 g/mol. The molecule has 1 N–H and O–H groups in total. The van der Waals surface area contributed by atoms with Crippen molar-refractivity contribution in [3.63, 3.8) is 0 Å². The maximum atomic E-state index is 12.7.